The normalized spacial score (nSPS) is 11.1. The number of pyridine rings is 1. The van der Waals surface area contributed by atoms with Crippen LogP contribution in [-0.4, -0.2) is 10.1 Å². The fourth-order valence-corrected chi connectivity index (χ4v) is 3.20. The zero-order chi connectivity index (χ0) is 20.6. The van der Waals surface area contributed by atoms with Crippen molar-refractivity contribution >= 4 is 34.7 Å². The molecule has 0 amide bonds. The summed E-state index contributed by atoms with van der Waals surface area (Å²) in [5, 5.41) is 2.74. The molecule has 0 aliphatic rings. The van der Waals surface area contributed by atoms with Crippen LogP contribution in [0.1, 0.15) is 37.1 Å². The molecule has 0 saturated heterocycles. The third-order valence-electron chi connectivity index (χ3n) is 4.78. The molecule has 1 atom stereocenters. The first-order valence-electron chi connectivity index (χ1n) is 9.54. The molecule has 144 valence electrons. The fourth-order valence-electron chi connectivity index (χ4n) is 2.89. The lowest BCUT2D eigenvalue weighted by molar-refractivity contribution is 0.560. The van der Waals surface area contributed by atoms with Crippen molar-refractivity contribution in [3.8, 4) is 23.0 Å². The standard InChI is InChI=1S/C25H21ClN2S/c1-3-18(2)14-20-6-11-22(12-7-20)21-9-4-19(5-10-21)8-13-25-24(26)15-23(16-27-25)28-17-29/h4-7,9-12,15-16,18H,3,14H2,1-2H3. The van der Waals surface area contributed by atoms with Crippen molar-refractivity contribution in [2.24, 2.45) is 10.9 Å². The SMILES string of the molecule is CCC(C)Cc1ccc(-c2ccc(C#Cc3ncc(N=C=S)cc3Cl)cc2)cc1. The van der Waals surface area contributed by atoms with Crippen LogP contribution < -0.4 is 0 Å². The number of hydrogen-bond donors (Lipinski definition) is 0. The topological polar surface area (TPSA) is 25.2 Å². The molecule has 2 aromatic carbocycles. The molecule has 1 unspecified atom stereocenters. The van der Waals surface area contributed by atoms with E-state index in [1.54, 1.807) is 12.3 Å². The van der Waals surface area contributed by atoms with E-state index in [4.69, 9.17) is 11.6 Å². The number of thiocarbonyl (C=S) groups is 1. The molecule has 0 N–H and O–H groups in total. The molecule has 0 aliphatic carbocycles. The highest BCUT2D eigenvalue weighted by Gasteiger charge is 2.03. The van der Waals surface area contributed by atoms with Gasteiger partial charge in [-0.25, -0.2) is 4.98 Å². The second-order valence-corrected chi connectivity index (χ2v) is 7.56. The van der Waals surface area contributed by atoms with Crippen LogP contribution in [0.3, 0.4) is 0 Å². The van der Waals surface area contributed by atoms with Gasteiger partial charge in [-0.1, -0.05) is 74.2 Å². The lowest BCUT2D eigenvalue weighted by Gasteiger charge is -2.09. The van der Waals surface area contributed by atoms with E-state index in [0.29, 0.717) is 22.3 Å². The Morgan fingerprint density at radius 3 is 2.28 bits per heavy atom. The van der Waals surface area contributed by atoms with Gasteiger partial charge in [0.1, 0.15) is 5.69 Å². The van der Waals surface area contributed by atoms with Gasteiger partial charge in [-0.15, -0.1) is 0 Å². The molecule has 2 nitrogen and oxygen atoms in total. The molecule has 0 spiro atoms. The Morgan fingerprint density at radius 2 is 1.69 bits per heavy atom. The number of isothiocyanates is 1. The summed E-state index contributed by atoms with van der Waals surface area (Å²) in [4.78, 5) is 8.08. The first-order valence-corrected chi connectivity index (χ1v) is 10.3. The van der Waals surface area contributed by atoms with E-state index < -0.39 is 0 Å². The number of aliphatic imine (C=N–C) groups is 1. The van der Waals surface area contributed by atoms with E-state index in [-0.39, 0.29) is 0 Å². The predicted octanol–water partition coefficient (Wildman–Crippen LogP) is 7.12. The van der Waals surface area contributed by atoms with Gasteiger partial charge in [0.15, 0.2) is 0 Å². The van der Waals surface area contributed by atoms with Crippen molar-refractivity contribution in [2.45, 2.75) is 26.7 Å². The summed E-state index contributed by atoms with van der Waals surface area (Å²) in [5.74, 6) is 6.83. The Bertz CT molecular complexity index is 1090. The molecule has 0 bridgehead atoms. The first kappa shape index (κ1) is 21.0. The molecule has 0 fully saturated rings. The zero-order valence-electron chi connectivity index (χ0n) is 16.4. The zero-order valence-corrected chi connectivity index (χ0v) is 18.0. The van der Waals surface area contributed by atoms with Crippen LogP contribution in [-0.2, 0) is 6.42 Å². The van der Waals surface area contributed by atoms with E-state index in [9.17, 15) is 0 Å². The minimum atomic E-state index is 0.443. The van der Waals surface area contributed by atoms with E-state index in [1.807, 2.05) is 12.1 Å². The maximum atomic E-state index is 6.20. The van der Waals surface area contributed by atoms with E-state index in [0.717, 1.165) is 12.0 Å². The van der Waals surface area contributed by atoms with Gasteiger partial charge in [-0.3, -0.25) is 0 Å². The number of benzene rings is 2. The summed E-state index contributed by atoms with van der Waals surface area (Å²) in [6, 6.07) is 18.7. The highest BCUT2D eigenvalue weighted by Crippen LogP contribution is 2.22. The van der Waals surface area contributed by atoms with Crippen LogP contribution in [0.25, 0.3) is 11.1 Å². The van der Waals surface area contributed by atoms with Gasteiger partial charge in [-0.2, -0.15) is 4.99 Å². The maximum Gasteiger partial charge on any atom is 0.132 e. The number of aromatic nitrogens is 1. The van der Waals surface area contributed by atoms with Crippen molar-refractivity contribution in [1.82, 2.24) is 4.98 Å². The average Bonchev–Trinajstić information content (AvgIpc) is 2.74. The molecule has 29 heavy (non-hydrogen) atoms. The van der Waals surface area contributed by atoms with Crippen LogP contribution in [0.4, 0.5) is 5.69 Å². The minimum absolute atomic E-state index is 0.443. The number of halogens is 1. The molecule has 4 heteroatoms. The Morgan fingerprint density at radius 1 is 1.03 bits per heavy atom. The van der Waals surface area contributed by atoms with E-state index in [1.165, 1.54) is 23.1 Å². The molecular weight excluding hydrogens is 396 g/mol. The van der Waals surface area contributed by atoms with Crippen LogP contribution in [0.5, 0.6) is 0 Å². The number of rotatable bonds is 5. The van der Waals surface area contributed by atoms with Gasteiger partial charge < -0.3 is 0 Å². The van der Waals surface area contributed by atoms with E-state index >= 15 is 0 Å². The molecule has 0 radical (unpaired) electrons. The lowest BCUT2D eigenvalue weighted by Crippen LogP contribution is -1.97. The molecule has 0 saturated carbocycles. The van der Waals surface area contributed by atoms with Crippen molar-refractivity contribution in [3.63, 3.8) is 0 Å². The van der Waals surface area contributed by atoms with Crippen molar-refractivity contribution in [3.05, 3.63) is 82.6 Å². The number of nitrogens with zero attached hydrogens (tertiary/aromatic N) is 2. The summed E-state index contributed by atoms with van der Waals surface area (Å²) in [6.45, 7) is 4.52. The third kappa shape index (κ3) is 5.86. The Hall–Kier alpha value is -2.76. The van der Waals surface area contributed by atoms with Crippen LogP contribution in [0.2, 0.25) is 5.02 Å². The van der Waals surface area contributed by atoms with Crippen LogP contribution in [0.15, 0.2) is 65.8 Å². The quantitative estimate of drug-likeness (QED) is 0.251. The molecule has 1 heterocycles. The summed E-state index contributed by atoms with van der Waals surface area (Å²) >= 11 is 10.8. The number of hydrogen-bond acceptors (Lipinski definition) is 3. The Kier molecular flexibility index (Phi) is 7.33. The molecular formula is C25H21ClN2S. The summed E-state index contributed by atoms with van der Waals surface area (Å²) in [7, 11) is 0. The van der Waals surface area contributed by atoms with Gasteiger partial charge >= 0.3 is 0 Å². The van der Waals surface area contributed by atoms with Crippen molar-refractivity contribution in [1.29, 1.82) is 0 Å². The van der Waals surface area contributed by atoms with Gasteiger partial charge in [0.2, 0.25) is 0 Å². The Balaban J connectivity index is 1.73. The van der Waals surface area contributed by atoms with Crippen LogP contribution >= 0.6 is 23.8 Å². The van der Waals surface area contributed by atoms with E-state index in [2.05, 4.69) is 89.4 Å². The molecule has 1 aromatic heterocycles. The van der Waals surface area contributed by atoms with Crippen LogP contribution in [0, 0.1) is 17.8 Å². The van der Waals surface area contributed by atoms with Gasteiger partial charge in [0, 0.05) is 5.56 Å². The smallest absolute Gasteiger partial charge is 0.132 e. The van der Waals surface area contributed by atoms with Gasteiger partial charge in [0.25, 0.3) is 0 Å². The lowest BCUT2D eigenvalue weighted by atomic mass is 9.96. The average molecular weight is 417 g/mol. The van der Waals surface area contributed by atoms with Crippen molar-refractivity contribution < 1.29 is 0 Å². The largest absolute Gasteiger partial charge is 0.244 e. The third-order valence-corrected chi connectivity index (χ3v) is 5.16. The fraction of sp³-hybridized carbons (Fsp3) is 0.200. The first-order chi connectivity index (χ1) is 14.1. The molecule has 3 aromatic rings. The minimum Gasteiger partial charge on any atom is -0.244 e. The van der Waals surface area contributed by atoms with Crippen molar-refractivity contribution in [2.75, 3.05) is 0 Å². The molecule has 3 rings (SSSR count). The second-order valence-electron chi connectivity index (χ2n) is 6.97. The monoisotopic (exact) mass is 416 g/mol. The highest BCUT2D eigenvalue weighted by molar-refractivity contribution is 7.78. The maximum absolute atomic E-state index is 6.20. The highest BCUT2D eigenvalue weighted by atomic mass is 35.5. The Labute approximate surface area is 182 Å². The summed E-state index contributed by atoms with van der Waals surface area (Å²) < 4.78 is 0. The summed E-state index contributed by atoms with van der Waals surface area (Å²) in [5.41, 5.74) is 5.74. The predicted molar refractivity (Wildman–Crippen MR) is 125 cm³/mol. The molecule has 0 aliphatic heterocycles. The van der Waals surface area contributed by atoms with Gasteiger partial charge in [-0.05, 0) is 65.4 Å². The second kappa shape index (κ2) is 10.1. The summed E-state index contributed by atoms with van der Waals surface area (Å²) in [6.07, 6.45) is 3.90. The van der Waals surface area contributed by atoms with Gasteiger partial charge in [0.05, 0.1) is 22.1 Å².